The molecule has 0 N–H and O–H groups in total. The number of nitrogens with zero attached hydrogens (tertiary/aromatic N) is 1. The Kier molecular flexibility index (Phi) is 2.05. The van der Waals surface area contributed by atoms with E-state index >= 15 is 0 Å². The van der Waals surface area contributed by atoms with Crippen molar-refractivity contribution in [2.45, 2.75) is 6.10 Å². The number of ether oxygens (including phenoxy) is 1. The van der Waals surface area contributed by atoms with Gasteiger partial charge >= 0.3 is 0 Å². The molecule has 68 valence electrons. The number of hydrogen-bond donors (Lipinski definition) is 0. The van der Waals surface area contributed by atoms with E-state index in [0.29, 0.717) is 11.1 Å². The van der Waals surface area contributed by atoms with Crippen LogP contribution in [0.5, 0.6) is 0 Å². The number of nitro groups is 1. The lowest BCUT2D eigenvalue weighted by Crippen LogP contribution is -1.90. The summed E-state index contributed by atoms with van der Waals surface area (Å²) in [4.78, 5) is 10.1. The fraction of sp³-hybridized carbons (Fsp3) is 0.250. The Labute approximate surface area is 82.8 Å². The van der Waals surface area contributed by atoms with Gasteiger partial charge in [0.2, 0.25) is 0 Å². The summed E-state index contributed by atoms with van der Waals surface area (Å²) in [5.74, 6) is 0. The number of hydrogen-bond acceptors (Lipinski definition) is 3. The summed E-state index contributed by atoms with van der Waals surface area (Å²) >= 11 is 3.22. The van der Waals surface area contributed by atoms with Gasteiger partial charge in [-0.2, -0.15) is 0 Å². The van der Waals surface area contributed by atoms with Crippen LogP contribution in [0.3, 0.4) is 0 Å². The Morgan fingerprint density at radius 2 is 2.23 bits per heavy atom. The highest BCUT2D eigenvalue weighted by Gasteiger charge is 2.26. The number of halogens is 1. The van der Waals surface area contributed by atoms with Crippen molar-refractivity contribution in [3.63, 3.8) is 0 Å². The highest BCUT2D eigenvalue weighted by molar-refractivity contribution is 9.10. The molecule has 0 aromatic heterocycles. The average molecular weight is 244 g/mol. The van der Waals surface area contributed by atoms with Gasteiger partial charge in [0, 0.05) is 16.6 Å². The van der Waals surface area contributed by atoms with Gasteiger partial charge in [0.25, 0.3) is 5.69 Å². The Balaban J connectivity index is 2.41. The van der Waals surface area contributed by atoms with E-state index in [1.807, 2.05) is 6.07 Å². The number of benzene rings is 1. The van der Waals surface area contributed by atoms with Crippen molar-refractivity contribution in [1.29, 1.82) is 0 Å². The fourth-order valence-electron chi connectivity index (χ4n) is 1.13. The third-order valence-electron chi connectivity index (χ3n) is 1.82. The zero-order chi connectivity index (χ0) is 9.42. The molecule has 1 aliphatic rings. The Morgan fingerprint density at radius 1 is 1.54 bits per heavy atom. The zero-order valence-corrected chi connectivity index (χ0v) is 8.15. The summed E-state index contributed by atoms with van der Waals surface area (Å²) in [5, 5.41) is 10.5. The van der Waals surface area contributed by atoms with Crippen LogP contribution in [0.1, 0.15) is 11.7 Å². The molecule has 5 heteroatoms. The molecule has 1 saturated heterocycles. The van der Waals surface area contributed by atoms with Crippen LogP contribution in [-0.4, -0.2) is 11.5 Å². The molecule has 1 atom stereocenters. The molecule has 0 spiro atoms. The maximum Gasteiger partial charge on any atom is 0.270 e. The summed E-state index contributed by atoms with van der Waals surface area (Å²) in [7, 11) is 0. The minimum absolute atomic E-state index is 0.0520. The average Bonchev–Trinajstić information content (AvgIpc) is 2.85. The third kappa shape index (κ3) is 1.87. The topological polar surface area (TPSA) is 55.7 Å². The summed E-state index contributed by atoms with van der Waals surface area (Å²) in [6.07, 6.45) is 0.0520. The highest BCUT2D eigenvalue weighted by atomic mass is 79.9. The van der Waals surface area contributed by atoms with Crippen molar-refractivity contribution in [3.8, 4) is 0 Å². The standard InChI is InChI=1S/C8H6BrNO3/c9-6-1-5(8-4-13-8)2-7(3-6)10(11)12/h1-3,8H,4H2/t8-/m1/s1. The molecular weight excluding hydrogens is 238 g/mol. The second-order valence-electron chi connectivity index (χ2n) is 2.82. The van der Waals surface area contributed by atoms with E-state index in [1.165, 1.54) is 6.07 Å². The molecule has 13 heavy (non-hydrogen) atoms. The SMILES string of the molecule is O=[N+]([O-])c1cc(Br)cc([C@H]2CO2)c1. The Hall–Kier alpha value is -0.940. The minimum Gasteiger partial charge on any atom is -0.368 e. The first-order valence-electron chi connectivity index (χ1n) is 3.73. The maximum absolute atomic E-state index is 10.5. The van der Waals surface area contributed by atoms with Gasteiger partial charge < -0.3 is 4.74 Å². The fourth-order valence-corrected chi connectivity index (χ4v) is 1.63. The number of nitro benzene ring substituents is 1. The van der Waals surface area contributed by atoms with E-state index in [-0.39, 0.29) is 11.8 Å². The van der Waals surface area contributed by atoms with Crippen LogP contribution in [0.2, 0.25) is 0 Å². The molecule has 1 aromatic rings. The lowest BCUT2D eigenvalue weighted by molar-refractivity contribution is -0.385. The normalized spacial score (nSPS) is 19.9. The summed E-state index contributed by atoms with van der Waals surface area (Å²) in [6, 6.07) is 4.86. The number of non-ortho nitro benzene ring substituents is 1. The van der Waals surface area contributed by atoms with Gasteiger partial charge in [0.05, 0.1) is 11.5 Å². The monoisotopic (exact) mass is 243 g/mol. The van der Waals surface area contributed by atoms with Crippen molar-refractivity contribution in [2.75, 3.05) is 6.61 Å². The number of rotatable bonds is 2. The zero-order valence-electron chi connectivity index (χ0n) is 6.57. The van der Waals surface area contributed by atoms with Crippen LogP contribution in [-0.2, 0) is 4.74 Å². The van der Waals surface area contributed by atoms with Crippen molar-refractivity contribution in [1.82, 2.24) is 0 Å². The van der Waals surface area contributed by atoms with Gasteiger partial charge in [-0.1, -0.05) is 15.9 Å². The van der Waals surface area contributed by atoms with Crippen molar-refractivity contribution >= 4 is 21.6 Å². The van der Waals surface area contributed by atoms with Crippen LogP contribution >= 0.6 is 15.9 Å². The van der Waals surface area contributed by atoms with E-state index < -0.39 is 4.92 Å². The van der Waals surface area contributed by atoms with E-state index in [1.54, 1.807) is 6.07 Å². The molecule has 1 aliphatic heterocycles. The van der Waals surface area contributed by atoms with Crippen molar-refractivity contribution in [2.24, 2.45) is 0 Å². The lowest BCUT2D eigenvalue weighted by Gasteiger charge is -1.97. The molecule has 1 aromatic carbocycles. The molecule has 0 amide bonds. The smallest absolute Gasteiger partial charge is 0.270 e. The Bertz CT molecular complexity index is 362. The largest absolute Gasteiger partial charge is 0.368 e. The predicted molar refractivity (Wildman–Crippen MR) is 49.5 cm³/mol. The van der Waals surface area contributed by atoms with Crippen LogP contribution in [0.15, 0.2) is 22.7 Å². The van der Waals surface area contributed by atoms with Gasteiger partial charge in [-0.05, 0) is 11.6 Å². The molecule has 1 fully saturated rings. The molecule has 1 heterocycles. The molecule has 4 nitrogen and oxygen atoms in total. The molecule has 2 rings (SSSR count). The lowest BCUT2D eigenvalue weighted by atomic mass is 10.1. The highest BCUT2D eigenvalue weighted by Crippen LogP contribution is 2.33. The predicted octanol–water partition coefficient (Wildman–Crippen LogP) is 2.43. The summed E-state index contributed by atoms with van der Waals surface area (Å²) < 4.78 is 5.76. The first-order chi connectivity index (χ1) is 6.16. The Morgan fingerprint density at radius 3 is 2.77 bits per heavy atom. The molecule has 0 unspecified atom stereocenters. The summed E-state index contributed by atoms with van der Waals surface area (Å²) in [6.45, 7) is 0.660. The molecule has 0 radical (unpaired) electrons. The molecule has 0 saturated carbocycles. The van der Waals surface area contributed by atoms with Gasteiger partial charge in [0.15, 0.2) is 0 Å². The van der Waals surface area contributed by atoms with Crippen LogP contribution in [0.25, 0.3) is 0 Å². The number of epoxide rings is 1. The van der Waals surface area contributed by atoms with E-state index in [4.69, 9.17) is 4.74 Å². The quantitative estimate of drug-likeness (QED) is 0.456. The second kappa shape index (κ2) is 3.08. The molecule has 0 bridgehead atoms. The van der Waals surface area contributed by atoms with Gasteiger partial charge in [-0.25, -0.2) is 0 Å². The minimum atomic E-state index is -0.406. The van der Waals surface area contributed by atoms with Crippen LogP contribution in [0.4, 0.5) is 5.69 Å². The molecular formula is C8H6BrNO3. The first kappa shape index (κ1) is 8.65. The van der Waals surface area contributed by atoms with E-state index in [9.17, 15) is 10.1 Å². The van der Waals surface area contributed by atoms with Gasteiger partial charge in [-0.3, -0.25) is 10.1 Å². The van der Waals surface area contributed by atoms with Crippen LogP contribution < -0.4 is 0 Å². The van der Waals surface area contributed by atoms with E-state index in [0.717, 1.165) is 5.56 Å². The van der Waals surface area contributed by atoms with E-state index in [2.05, 4.69) is 15.9 Å². The second-order valence-corrected chi connectivity index (χ2v) is 3.74. The third-order valence-corrected chi connectivity index (χ3v) is 2.28. The van der Waals surface area contributed by atoms with Gasteiger partial charge in [0.1, 0.15) is 6.10 Å². The summed E-state index contributed by atoms with van der Waals surface area (Å²) in [5.41, 5.74) is 0.959. The van der Waals surface area contributed by atoms with Crippen molar-refractivity contribution in [3.05, 3.63) is 38.3 Å². The van der Waals surface area contributed by atoms with Gasteiger partial charge in [-0.15, -0.1) is 0 Å². The van der Waals surface area contributed by atoms with Crippen molar-refractivity contribution < 1.29 is 9.66 Å². The molecule has 0 aliphatic carbocycles. The van der Waals surface area contributed by atoms with Crippen LogP contribution in [0, 0.1) is 10.1 Å². The first-order valence-corrected chi connectivity index (χ1v) is 4.52. The maximum atomic E-state index is 10.5.